The number of carboxylic acids is 1. The lowest BCUT2D eigenvalue weighted by Gasteiger charge is -2.23. The fourth-order valence-electron chi connectivity index (χ4n) is 1.85. The standard InChI is InChI=1S/C14H26N4O6S/c1-7(19)11(14(23)24)18-13(22)9(3-4-10(16)20)17-12(21)8(15)5-6-25-2/h7-9,11,19H,3-6,15H2,1-2H3,(H2,16,20)(H,17,21)(H,18,22)(H,23,24)/t7-,8+,9+,11+/m1/s1. The van der Waals surface area contributed by atoms with Crippen LogP contribution in [0.2, 0.25) is 0 Å². The summed E-state index contributed by atoms with van der Waals surface area (Å²) in [5, 5.41) is 22.9. The maximum Gasteiger partial charge on any atom is 0.328 e. The molecular formula is C14H26N4O6S. The van der Waals surface area contributed by atoms with Crippen molar-refractivity contribution in [2.75, 3.05) is 12.0 Å². The van der Waals surface area contributed by atoms with E-state index in [1.807, 2.05) is 6.26 Å². The number of carboxylic acid groups (broad SMARTS) is 1. The van der Waals surface area contributed by atoms with E-state index in [-0.39, 0.29) is 12.8 Å². The quantitative estimate of drug-likeness (QED) is 0.220. The number of primary amides is 1. The Morgan fingerprint density at radius 3 is 2.16 bits per heavy atom. The van der Waals surface area contributed by atoms with Gasteiger partial charge >= 0.3 is 5.97 Å². The molecule has 0 unspecified atom stereocenters. The van der Waals surface area contributed by atoms with Gasteiger partial charge in [0.1, 0.15) is 6.04 Å². The first-order valence-corrected chi connectivity index (χ1v) is 9.04. The third-order valence-electron chi connectivity index (χ3n) is 3.33. The van der Waals surface area contributed by atoms with Crippen LogP contribution >= 0.6 is 11.8 Å². The Balaban J connectivity index is 5.01. The summed E-state index contributed by atoms with van der Waals surface area (Å²) in [6, 6.07) is -3.59. The van der Waals surface area contributed by atoms with Crippen molar-refractivity contribution < 1.29 is 29.4 Å². The number of hydrogen-bond acceptors (Lipinski definition) is 7. The van der Waals surface area contributed by atoms with Crippen LogP contribution in [-0.4, -0.2) is 70.1 Å². The van der Waals surface area contributed by atoms with Crippen LogP contribution in [0.15, 0.2) is 0 Å². The Bertz CT molecular complexity index is 488. The van der Waals surface area contributed by atoms with Crippen molar-refractivity contribution in [3.8, 4) is 0 Å². The molecule has 0 rings (SSSR count). The molecule has 0 saturated carbocycles. The highest BCUT2D eigenvalue weighted by Crippen LogP contribution is 2.03. The third kappa shape index (κ3) is 9.27. The topological polar surface area (TPSA) is 185 Å². The van der Waals surface area contributed by atoms with E-state index in [1.54, 1.807) is 0 Å². The normalized spacial score (nSPS) is 15.5. The van der Waals surface area contributed by atoms with Crippen LogP contribution in [0.5, 0.6) is 0 Å². The lowest BCUT2D eigenvalue weighted by atomic mass is 10.1. The highest BCUT2D eigenvalue weighted by Gasteiger charge is 2.30. The predicted octanol–water partition coefficient (Wildman–Crippen LogP) is -2.23. The highest BCUT2D eigenvalue weighted by molar-refractivity contribution is 7.98. The first-order chi connectivity index (χ1) is 11.6. The van der Waals surface area contributed by atoms with Crippen molar-refractivity contribution >= 4 is 35.5 Å². The van der Waals surface area contributed by atoms with E-state index in [9.17, 15) is 24.3 Å². The molecule has 0 heterocycles. The van der Waals surface area contributed by atoms with Crippen molar-refractivity contribution in [2.24, 2.45) is 11.5 Å². The van der Waals surface area contributed by atoms with Gasteiger partial charge in [-0.15, -0.1) is 0 Å². The first-order valence-electron chi connectivity index (χ1n) is 7.64. The molecule has 0 aromatic carbocycles. The average molecular weight is 378 g/mol. The smallest absolute Gasteiger partial charge is 0.328 e. The van der Waals surface area contributed by atoms with E-state index >= 15 is 0 Å². The molecule has 0 aliphatic heterocycles. The third-order valence-corrected chi connectivity index (χ3v) is 3.97. The average Bonchev–Trinajstić information content (AvgIpc) is 2.52. The first kappa shape index (κ1) is 23.1. The molecule has 0 aliphatic rings. The van der Waals surface area contributed by atoms with Gasteiger partial charge < -0.3 is 32.3 Å². The monoisotopic (exact) mass is 378 g/mol. The van der Waals surface area contributed by atoms with Gasteiger partial charge in [0.2, 0.25) is 17.7 Å². The zero-order valence-electron chi connectivity index (χ0n) is 14.2. The maximum absolute atomic E-state index is 12.2. The number of amides is 3. The van der Waals surface area contributed by atoms with Gasteiger partial charge in [-0.05, 0) is 31.8 Å². The number of carbonyl (C=O) groups excluding carboxylic acids is 3. The number of aliphatic hydroxyl groups excluding tert-OH is 1. The molecule has 25 heavy (non-hydrogen) atoms. The van der Waals surface area contributed by atoms with Crippen LogP contribution in [0.3, 0.4) is 0 Å². The number of aliphatic hydroxyl groups is 1. The van der Waals surface area contributed by atoms with E-state index in [2.05, 4.69) is 10.6 Å². The minimum atomic E-state index is -1.55. The summed E-state index contributed by atoms with van der Waals surface area (Å²) in [6.45, 7) is 1.20. The molecular weight excluding hydrogens is 352 g/mol. The van der Waals surface area contributed by atoms with Crippen LogP contribution in [0.25, 0.3) is 0 Å². The lowest BCUT2D eigenvalue weighted by Crippen LogP contribution is -2.56. The van der Waals surface area contributed by atoms with Gasteiger partial charge in [-0.25, -0.2) is 4.79 Å². The Morgan fingerprint density at radius 2 is 1.72 bits per heavy atom. The molecule has 0 fully saturated rings. The maximum atomic E-state index is 12.2. The molecule has 0 aromatic heterocycles. The number of nitrogens with two attached hydrogens (primary N) is 2. The second-order valence-electron chi connectivity index (χ2n) is 5.52. The number of aliphatic carboxylic acids is 1. The fraction of sp³-hybridized carbons (Fsp3) is 0.714. The molecule has 0 saturated heterocycles. The Kier molecular flexibility index (Phi) is 10.8. The van der Waals surface area contributed by atoms with Gasteiger partial charge in [0.15, 0.2) is 6.04 Å². The van der Waals surface area contributed by atoms with Crippen molar-refractivity contribution in [2.45, 2.75) is 50.4 Å². The molecule has 4 atom stereocenters. The van der Waals surface area contributed by atoms with E-state index in [4.69, 9.17) is 16.6 Å². The van der Waals surface area contributed by atoms with E-state index in [0.717, 1.165) is 0 Å². The van der Waals surface area contributed by atoms with Crippen LogP contribution in [0, 0.1) is 0 Å². The van der Waals surface area contributed by atoms with Crippen LogP contribution in [-0.2, 0) is 19.2 Å². The van der Waals surface area contributed by atoms with Gasteiger partial charge in [-0.3, -0.25) is 14.4 Å². The molecule has 0 radical (unpaired) electrons. The van der Waals surface area contributed by atoms with Crippen molar-refractivity contribution in [3.63, 3.8) is 0 Å². The fourth-order valence-corrected chi connectivity index (χ4v) is 2.34. The number of nitrogens with one attached hydrogen (secondary N) is 2. The molecule has 8 N–H and O–H groups in total. The Morgan fingerprint density at radius 1 is 1.12 bits per heavy atom. The molecule has 10 nitrogen and oxygen atoms in total. The molecule has 144 valence electrons. The predicted molar refractivity (Wildman–Crippen MR) is 92.6 cm³/mol. The number of thioether (sulfide) groups is 1. The number of rotatable bonds is 12. The SMILES string of the molecule is CSCC[C@H](N)C(=O)N[C@@H](CCC(N)=O)C(=O)N[C@H](C(=O)O)[C@@H](C)O. The molecule has 0 bridgehead atoms. The van der Waals surface area contributed by atoms with Gasteiger partial charge in [0.25, 0.3) is 0 Å². The summed E-state index contributed by atoms with van der Waals surface area (Å²) in [5.41, 5.74) is 10.8. The van der Waals surface area contributed by atoms with Crippen molar-refractivity contribution in [3.05, 3.63) is 0 Å². The molecule has 3 amide bonds. The van der Waals surface area contributed by atoms with E-state index in [0.29, 0.717) is 12.2 Å². The van der Waals surface area contributed by atoms with Crippen LogP contribution < -0.4 is 22.1 Å². The Labute approximate surface area is 150 Å². The minimum Gasteiger partial charge on any atom is -0.480 e. The second kappa shape index (κ2) is 11.7. The van der Waals surface area contributed by atoms with Gasteiger partial charge in [0, 0.05) is 6.42 Å². The van der Waals surface area contributed by atoms with Gasteiger partial charge in [-0.2, -0.15) is 11.8 Å². The van der Waals surface area contributed by atoms with Crippen molar-refractivity contribution in [1.29, 1.82) is 0 Å². The minimum absolute atomic E-state index is 0.117. The molecule has 0 spiro atoms. The summed E-state index contributed by atoms with van der Waals surface area (Å²) < 4.78 is 0. The molecule has 0 aliphatic carbocycles. The van der Waals surface area contributed by atoms with Crippen LogP contribution in [0.4, 0.5) is 0 Å². The lowest BCUT2D eigenvalue weighted by molar-refractivity contribution is -0.145. The zero-order chi connectivity index (χ0) is 19.6. The van der Waals surface area contributed by atoms with Crippen LogP contribution in [0.1, 0.15) is 26.2 Å². The van der Waals surface area contributed by atoms with Crippen molar-refractivity contribution in [1.82, 2.24) is 10.6 Å². The summed E-state index contributed by atoms with van der Waals surface area (Å²) in [5.74, 6) is -2.90. The van der Waals surface area contributed by atoms with E-state index < -0.39 is 47.9 Å². The number of hydrogen-bond donors (Lipinski definition) is 6. The summed E-state index contributed by atoms with van der Waals surface area (Å²) >= 11 is 1.51. The molecule has 11 heteroatoms. The zero-order valence-corrected chi connectivity index (χ0v) is 15.0. The summed E-state index contributed by atoms with van der Waals surface area (Å²) in [7, 11) is 0. The largest absolute Gasteiger partial charge is 0.480 e. The summed E-state index contributed by atoms with van der Waals surface area (Å²) in [4.78, 5) is 46.3. The Hall–Kier alpha value is -1.85. The van der Waals surface area contributed by atoms with E-state index in [1.165, 1.54) is 18.7 Å². The van der Waals surface area contributed by atoms with Gasteiger partial charge in [-0.1, -0.05) is 0 Å². The number of carbonyl (C=O) groups is 4. The highest BCUT2D eigenvalue weighted by atomic mass is 32.2. The second-order valence-corrected chi connectivity index (χ2v) is 6.50. The van der Waals surface area contributed by atoms with Gasteiger partial charge in [0.05, 0.1) is 12.1 Å². The summed E-state index contributed by atoms with van der Waals surface area (Å²) in [6.07, 6.45) is 0.593. The molecule has 0 aromatic rings.